The van der Waals surface area contributed by atoms with Crippen LogP contribution in [0.15, 0.2) is 34.9 Å². The lowest BCUT2D eigenvalue weighted by Crippen LogP contribution is -2.51. The minimum Gasteiger partial charge on any atom is -0.439 e. The van der Waals surface area contributed by atoms with Gasteiger partial charge < -0.3 is 14.2 Å². The fourth-order valence-electron chi connectivity index (χ4n) is 2.70. The smallest absolute Gasteiger partial charge is 0.319 e. The van der Waals surface area contributed by atoms with Crippen molar-refractivity contribution in [2.75, 3.05) is 40.3 Å². The zero-order chi connectivity index (χ0) is 17.1. The molecule has 0 aliphatic carbocycles. The van der Waals surface area contributed by atoms with E-state index in [9.17, 15) is 9.18 Å². The van der Waals surface area contributed by atoms with Crippen LogP contribution in [0.1, 0.15) is 5.89 Å². The Balaban J connectivity index is 1.56. The second-order valence-electron chi connectivity index (χ2n) is 6.07. The van der Waals surface area contributed by atoms with Crippen molar-refractivity contribution in [1.29, 1.82) is 0 Å². The molecule has 0 bridgehead atoms. The van der Waals surface area contributed by atoms with Gasteiger partial charge in [0.05, 0.1) is 12.7 Å². The molecule has 0 spiro atoms. The summed E-state index contributed by atoms with van der Waals surface area (Å²) in [6.07, 6.45) is 1.66. The summed E-state index contributed by atoms with van der Waals surface area (Å²) in [5.41, 5.74) is 0.802. The van der Waals surface area contributed by atoms with Crippen LogP contribution in [-0.4, -0.2) is 66.0 Å². The zero-order valence-electron chi connectivity index (χ0n) is 13.9. The molecule has 1 aromatic heterocycles. The normalized spacial score (nSPS) is 15.5. The molecule has 0 atom stereocenters. The maximum absolute atomic E-state index is 13.0. The highest BCUT2D eigenvalue weighted by Crippen LogP contribution is 2.21. The van der Waals surface area contributed by atoms with Crippen LogP contribution in [0.3, 0.4) is 0 Å². The van der Waals surface area contributed by atoms with Crippen molar-refractivity contribution >= 4 is 6.03 Å². The van der Waals surface area contributed by atoms with Crippen LogP contribution in [0.25, 0.3) is 11.3 Å². The molecule has 3 rings (SSSR count). The number of amides is 2. The summed E-state index contributed by atoms with van der Waals surface area (Å²) in [7, 11) is 3.52. The third kappa shape index (κ3) is 3.73. The topological polar surface area (TPSA) is 52.8 Å². The number of rotatable bonds is 3. The number of hydrogen-bond donors (Lipinski definition) is 0. The highest BCUT2D eigenvalue weighted by atomic mass is 19.1. The maximum atomic E-state index is 13.0. The average molecular weight is 332 g/mol. The molecule has 6 nitrogen and oxygen atoms in total. The first-order valence-electron chi connectivity index (χ1n) is 7.92. The molecule has 1 aliphatic heterocycles. The number of nitrogens with zero attached hydrogens (tertiary/aromatic N) is 4. The maximum Gasteiger partial charge on any atom is 0.319 e. The number of hydrogen-bond acceptors (Lipinski definition) is 4. The average Bonchev–Trinajstić information content (AvgIpc) is 3.04. The minimum atomic E-state index is -0.274. The van der Waals surface area contributed by atoms with Gasteiger partial charge in [-0.15, -0.1) is 0 Å². The Morgan fingerprint density at radius 1 is 1.21 bits per heavy atom. The van der Waals surface area contributed by atoms with E-state index in [2.05, 4.69) is 9.88 Å². The summed E-state index contributed by atoms with van der Waals surface area (Å²) < 4.78 is 18.7. The van der Waals surface area contributed by atoms with E-state index in [4.69, 9.17) is 4.42 Å². The van der Waals surface area contributed by atoms with Crippen LogP contribution >= 0.6 is 0 Å². The molecular formula is C17H21FN4O2. The highest BCUT2D eigenvalue weighted by molar-refractivity contribution is 5.73. The molecule has 0 radical (unpaired) electrons. The van der Waals surface area contributed by atoms with Gasteiger partial charge >= 0.3 is 6.03 Å². The molecule has 0 N–H and O–H groups in total. The van der Waals surface area contributed by atoms with E-state index in [1.54, 1.807) is 37.3 Å². The standard InChI is InChI=1S/C17H21FN4O2/c1-20(2)17(23)22-9-7-21(8-10-22)12-16-19-11-15(24-16)13-3-5-14(18)6-4-13/h3-6,11H,7-10,12H2,1-2H3. The third-order valence-electron chi connectivity index (χ3n) is 4.07. The molecule has 24 heavy (non-hydrogen) atoms. The first kappa shape index (κ1) is 16.4. The minimum absolute atomic E-state index is 0.0457. The van der Waals surface area contributed by atoms with Gasteiger partial charge in [-0.05, 0) is 24.3 Å². The van der Waals surface area contributed by atoms with Crippen molar-refractivity contribution in [1.82, 2.24) is 19.7 Å². The van der Waals surface area contributed by atoms with E-state index in [0.717, 1.165) is 18.7 Å². The predicted octanol–water partition coefficient (Wildman–Crippen LogP) is 2.28. The fraction of sp³-hybridized carbons (Fsp3) is 0.412. The number of oxazole rings is 1. The molecule has 1 saturated heterocycles. The van der Waals surface area contributed by atoms with Crippen molar-refractivity contribution in [3.8, 4) is 11.3 Å². The van der Waals surface area contributed by atoms with Gasteiger partial charge in [0.1, 0.15) is 5.82 Å². The largest absolute Gasteiger partial charge is 0.439 e. The van der Waals surface area contributed by atoms with E-state index in [-0.39, 0.29) is 11.8 Å². The fourth-order valence-corrected chi connectivity index (χ4v) is 2.70. The molecule has 7 heteroatoms. The van der Waals surface area contributed by atoms with Crippen LogP contribution in [0.2, 0.25) is 0 Å². The summed E-state index contributed by atoms with van der Waals surface area (Å²) in [5, 5.41) is 0. The monoisotopic (exact) mass is 332 g/mol. The molecule has 1 aliphatic rings. The Kier molecular flexibility index (Phi) is 4.80. The lowest BCUT2D eigenvalue weighted by molar-refractivity contribution is 0.115. The van der Waals surface area contributed by atoms with Gasteiger partial charge in [-0.3, -0.25) is 4.90 Å². The lowest BCUT2D eigenvalue weighted by atomic mass is 10.2. The molecular weight excluding hydrogens is 311 g/mol. The first-order valence-corrected chi connectivity index (χ1v) is 7.92. The summed E-state index contributed by atoms with van der Waals surface area (Å²) in [6.45, 7) is 3.57. The number of carbonyl (C=O) groups is 1. The first-order chi connectivity index (χ1) is 11.5. The Morgan fingerprint density at radius 2 is 1.88 bits per heavy atom. The van der Waals surface area contributed by atoms with E-state index in [1.807, 2.05) is 4.90 Å². The number of benzene rings is 1. The summed E-state index contributed by atoms with van der Waals surface area (Å²) in [6, 6.07) is 6.19. The van der Waals surface area contributed by atoms with Gasteiger partial charge in [0.25, 0.3) is 0 Å². The molecule has 1 aromatic carbocycles. The van der Waals surface area contributed by atoms with Crippen molar-refractivity contribution in [3.63, 3.8) is 0 Å². The van der Waals surface area contributed by atoms with Crippen molar-refractivity contribution in [3.05, 3.63) is 42.2 Å². The highest BCUT2D eigenvalue weighted by Gasteiger charge is 2.23. The second kappa shape index (κ2) is 7.00. The van der Waals surface area contributed by atoms with Crippen LogP contribution < -0.4 is 0 Å². The number of urea groups is 1. The summed E-state index contributed by atoms with van der Waals surface area (Å²) in [4.78, 5) is 21.9. The van der Waals surface area contributed by atoms with E-state index >= 15 is 0 Å². The molecule has 2 aromatic rings. The van der Waals surface area contributed by atoms with E-state index in [0.29, 0.717) is 31.3 Å². The molecule has 128 valence electrons. The van der Waals surface area contributed by atoms with E-state index < -0.39 is 0 Å². The van der Waals surface area contributed by atoms with Gasteiger partial charge in [-0.1, -0.05) is 0 Å². The second-order valence-corrected chi connectivity index (χ2v) is 6.07. The Morgan fingerprint density at radius 3 is 2.50 bits per heavy atom. The lowest BCUT2D eigenvalue weighted by Gasteiger charge is -2.35. The van der Waals surface area contributed by atoms with Gasteiger partial charge in [0.2, 0.25) is 5.89 Å². The Hall–Kier alpha value is -2.41. The number of aromatic nitrogens is 1. The van der Waals surface area contributed by atoms with Gasteiger partial charge in [0, 0.05) is 45.8 Å². The van der Waals surface area contributed by atoms with Crippen molar-refractivity contribution in [2.45, 2.75) is 6.54 Å². The SMILES string of the molecule is CN(C)C(=O)N1CCN(Cc2ncc(-c3ccc(F)cc3)o2)CC1. The Labute approximate surface area is 140 Å². The van der Waals surface area contributed by atoms with Crippen LogP contribution in [0.4, 0.5) is 9.18 Å². The molecule has 0 unspecified atom stereocenters. The number of carbonyl (C=O) groups excluding carboxylic acids is 1. The van der Waals surface area contributed by atoms with Gasteiger partial charge in [0.15, 0.2) is 5.76 Å². The molecule has 2 amide bonds. The summed E-state index contributed by atoms with van der Waals surface area (Å²) >= 11 is 0. The van der Waals surface area contributed by atoms with E-state index in [1.165, 1.54) is 12.1 Å². The Bertz CT molecular complexity index is 691. The van der Waals surface area contributed by atoms with Crippen LogP contribution in [-0.2, 0) is 6.54 Å². The van der Waals surface area contributed by atoms with Crippen LogP contribution in [0.5, 0.6) is 0 Å². The number of piperazine rings is 1. The summed E-state index contributed by atoms with van der Waals surface area (Å²) in [5.74, 6) is 0.983. The number of halogens is 1. The molecule has 2 heterocycles. The van der Waals surface area contributed by atoms with Crippen molar-refractivity contribution < 1.29 is 13.6 Å². The van der Waals surface area contributed by atoms with Crippen LogP contribution in [0, 0.1) is 5.82 Å². The zero-order valence-corrected chi connectivity index (χ0v) is 13.9. The molecule has 1 fully saturated rings. The van der Waals surface area contributed by atoms with Crippen molar-refractivity contribution in [2.24, 2.45) is 0 Å². The quantitative estimate of drug-likeness (QED) is 0.865. The van der Waals surface area contributed by atoms with Gasteiger partial charge in [-0.25, -0.2) is 14.2 Å². The van der Waals surface area contributed by atoms with Gasteiger partial charge in [-0.2, -0.15) is 0 Å². The predicted molar refractivity (Wildman–Crippen MR) is 87.8 cm³/mol. The third-order valence-corrected chi connectivity index (χ3v) is 4.07. The molecule has 0 saturated carbocycles.